The van der Waals surface area contributed by atoms with Crippen molar-refractivity contribution in [2.24, 2.45) is 0 Å². The fourth-order valence-electron chi connectivity index (χ4n) is 7.41. The normalized spacial score (nSPS) is 12.9. The highest BCUT2D eigenvalue weighted by molar-refractivity contribution is 6.34. The van der Waals surface area contributed by atoms with Crippen LogP contribution in [-0.2, 0) is 0 Å². The Morgan fingerprint density at radius 2 is 0.597 bits per heavy atom. The molecular weight excluding hydrogens is 801 g/mol. The number of benzene rings is 4. The number of nitrogens with one attached hydrogen (secondary N) is 8. The Morgan fingerprint density at radius 3 is 0.855 bits per heavy atom. The van der Waals surface area contributed by atoms with E-state index in [1.54, 1.807) is 24.3 Å². The lowest BCUT2D eigenvalue weighted by Crippen LogP contribution is -2.28. The molecule has 2 aliphatic rings. The van der Waals surface area contributed by atoms with Gasteiger partial charge in [0.25, 0.3) is 0 Å². The summed E-state index contributed by atoms with van der Waals surface area (Å²) >= 11 is 0. The maximum atomic E-state index is 13.8. The van der Waals surface area contributed by atoms with E-state index < -0.39 is 46.1 Å². The molecule has 0 heterocycles. The minimum atomic E-state index is -0.591. The Balaban J connectivity index is 0.992. The number of carbonyl (C=O) groups is 4. The average Bonchev–Trinajstić information content (AvgIpc) is 3.26. The first-order valence-corrected chi connectivity index (χ1v) is 20.4. The van der Waals surface area contributed by atoms with Crippen molar-refractivity contribution in [3.05, 3.63) is 105 Å². The largest absolute Gasteiger partial charge is 0.507 e. The fourth-order valence-corrected chi connectivity index (χ4v) is 7.41. The quantitative estimate of drug-likeness (QED) is 0.0232. The van der Waals surface area contributed by atoms with Gasteiger partial charge in [-0.2, -0.15) is 0 Å². The van der Waals surface area contributed by atoms with E-state index in [0.717, 1.165) is 0 Å². The van der Waals surface area contributed by atoms with Gasteiger partial charge in [-0.05, 0) is 48.5 Å². The molecule has 0 saturated heterocycles. The molecule has 14 N–H and O–H groups in total. The van der Waals surface area contributed by atoms with Crippen LogP contribution < -0.4 is 42.5 Å². The lowest BCUT2D eigenvalue weighted by atomic mass is 9.81. The zero-order valence-electron chi connectivity index (χ0n) is 34.0. The topological polar surface area (TPSA) is 286 Å². The highest BCUT2D eigenvalue weighted by Gasteiger charge is 2.39. The second-order valence-corrected chi connectivity index (χ2v) is 14.4. The second-order valence-electron chi connectivity index (χ2n) is 14.4. The number of anilines is 4. The Hall–Kier alpha value is -6.54. The third kappa shape index (κ3) is 9.81. The van der Waals surface area contributed by atoms with E-state index in [1.165, 1.54) is 24.3 Å². The van der Waals surface area contributed by atoms with Crippen LogP contribution in [0.25, 0.3) is 0 Å². The number of aliphatic hydroxyl groups is 2. The summed E-state index contributed by atoms with van der Waals surface area (Å²) in [4.78, 5) is 55.0. The predicted octanol–water partition coefficient (Wildman–Crippen LogP) is 1.31. The third-order valence-electron chi connectivity index (χ3n) is 10.3. The summed E-state index contributed by atoms with van der Waals surface area (Å²) in [7, 11) is 0. The summed E-state index contributed by atoms with van der Waals surface area (Å²) in [5, 5.41) is 85.5. The Bertz CT molecular complexity index is 2190. The number of aromatic hydroxyl groups is 4. The van der Waals surface area contributed by atoms with Crippen LogP contribution in [0, 0.1) is 0 Å². The van der Waals surface area contributed by atoms with Crippen molar-refractivity contribution in [1.82, 2.24) is 21.3 Å². The number of hydrogen-bond donors (Lipinski definition) is 14. The zero-order chi connectivity index (χ0) is 44.2. The molecule has 6 rings (SSSR count). The summed E-state index contributed by atoms with van der Waals surface area (Å²) in [6.45, 7) is 5.38. The highest BCUT2D eigenvalue weighted by Crippen LogP contribution is 2.44. The molecule has 4 aromatic rings. The lowest BCUT2D eigenvalue weighted by molar-refractivity contribution is 0.0975. The number of phenols is 4. The number of aliphatic hydroxyl groups excluding tert-OH is 2. The second kappa shape index (κ2) is 21.3. The Labute approximate surface area is 357 Å². The monoisotopic (exact) mass is 852 g/mol. The minimum absolute atomic E-state index is 0.0224. The molecule has 18 nitrogen and oxygen atoms in total. The molecule has 328 valence electrons. The maximum Gasteiger partial charge on any atom is 0.200 e. The highest BCUT2D eigenvalue weighted by atomic mass is 16.3. The van der Waals surface area contributed by atoms with Crippen LogP contribution in [0.2, 0.25) is 0 Å². The molecule has 0 spiro atoms. The first kappa shape index (κ1) is 45.0. The molecule has 62 heavy (non-hydrogen) atoms. The molecule has 18 heteroatoms. The summed E-state index contributed by atoms with van der Waals surface area (Å²) in [6, 6.07) is 11.5. The van der Waals surface area contributed by atoms with Crippen molar-refractivity contribution in [3.8, 4) is 23.0 Å². The number of rotatable bonds is 24. The van der Waals surface area contributed by atoms with Gasteiger partial charge in [0.05, 0.1) is 57.7 Å². The van der Waals surface area contributed by atoms with Gasteiger partial charge in [-0.15, -0.1) is 0 Å². The Kier molecular flexibility index (Phi) is 15.5. The summed E-state index contributed by atoms with van der Waals surface area (Å²) < 4.78 is 0. The Morgan fingerprint density at radius 1 is 0.339 bits per heavy atom. The van der Waals surface area contributed by atoms with Gasteiger partial charge in [0.15, 0.2) is 0 Å². The molecule has 0 amide bonds. The summed E-state index contributed by atoms with van der Waals surface area (Å²) in [5.41, 5.74) is 0.985. The lowest BCUT2D eigenvalue weighted by Gasteiger charge is -2.25. The van der Waals surface area contributed by atoms with Gasteiger partial charge in [0, 0.05) is 101 Å². The minimum Gasteiger partial charge on any atom is -0.507 e. The van der Waals surface area contributed by atoms with Crippen molar-refractivity contribution in [2.75, 3.05) is 113 Å². The predicted molar refractivity (Wildman–Crippen MR) is 235 cm³/mol. The van der Waals surface area contributed by atoms with Gasteiger partial charge < -0.3 is 73.2 Å². The van der Waals surface area contributed by atoms with Crippen molar-refractivity contribution in [3.63, 3.8) is 0 Å². The molecule has 4 aromatic carbocycles. The van der Waals surface area contributed by atoms with Crippen molar-refractivity contribution < 1.29 is 49.8 Å². The van der Waals surface area contributed by atoms with Crippen LogP contribution in [0.1, 0.15) is 63.7 Å². The van der Waals surface area contributed by atoms with Gasteiger partial charge >= 0.3 is 0 Å². The van der Waals surface area contributed by atoms with E-state index in [0.29, 0.717) is 101 Å². The van der Waals surface area contributed by atoms with Crippen molar-refractivity contribution in [2.45, 2.75) is 0 Å². The molecule has 2 aliphatic carbocycles. The third-order valence-corrected chi connectivity index (χ3v) is 10.3. The smallest absolute Gasteiger partial charge is 0.200 e. The molecule has 0 saturated carbocycles. The standard InChI is InChI=1S/C44H52N8O10/c53-23-21-47-15-19-51-27-5-3-25(33-35(27)43(61)39-31(57)9-7-29(55)37(39)41(33)59)49-17-13-45-11-1-2-12-46-14-18-50-26-4-6-28(52-20-16-48-22-24-54)36-34(26)42(60)38-30(56)8-10-32(58)40(38)44(36)62/h1-10,45-58H,11-24H2. The zero-order valence-corrected chi connectivity index (χ0v) is 34.0. The van der Waals surface area contributed by atoms with E-state index in [-0.39, 0.29) is 57.7 Å². The molecule has 0 aromatic heterocycles. The fraction of sp³-hybridized carbons (Fsp3) is 0.318. The number of hydrogen-bond acceptors (Lipinski definition) is 18. The van der Waals surface area contributed by atoms with E-state index in [9.17, 15) is 39.6 Å². The van der Waals surface area contributed by atoms with Crippen LogP contribution in [0.5, 0.6) is 23.0 Å². The molecule has 0 bridgehead atoms. The van der Waals surface area contributed by atoms with Gasteiger partial charge in [-0.3, -0.25) is 19.2 Å². The van der Waals surface area contributed by atoms with Crippen LogP contribution in [0.4, 0.5) is 22.7 Å². The van der Waals surface area contributed by atoms with Gasteiger partial charge in [0.1, 0.15) is 23.0 Å². The van der Waals surface area contributed by atoms with Crippen LogP contribution >= 0.6 is 0 Å². The summed E-state index contributed by atoms with van der Waals surface area (Å²) in [6.07, 6.45) is 3.88. The molecule has 0 unspecified atom stereocenters. The van der Waals surface area contributed by atoms with E-state index >= 15 is 0 Å². The number of fused-ring (bicyclic) bond motifs is 4. The molecule has 0 fully saturated rings. The van der Waals surface area contributed by atoms with Gasteiger partial charge in [-0.25, -0.2) is 0 Å². The maximum absolute atomic E-state index is 13.8. The first-order chi connectivity index (χ1) is 30.1. The van der Waals surface area contributed by atoms with E-state index in [4.69, 9.17) is 10.2 Å². The van der Waals surface area contributed by atoms with Crippen LogP contribution in [-0.4, -0.2) is 146 Å². The van der Waals surface area contributed by atoms with E-state index in [1.807, 2.05) is 12.2 Å². The average molecular weight is 853 g/mol. The van der Waals surface area contributed by atoms with Gasteiger partial charge in [0.2, 0.25) is 23.1 Å². The molecule has 0 atom stereocenters. The molecular formula is C44H52N8O10. The molecule has 0 radical (unpaired) electrons. The van der Waals surface area contributed by atoms with Crippen molar-refractivity contribution >= 4 is 45.9 Å². The number of carbonyl (C=O) groups excluding carboxylic acids is 4. The molecule has 0 aliphatic heterocycles. The van der Waals surface area contributed by atoms with Crippen LogP contribution in [0.3, 0.4) is 0 Å². The van der Waals surface area contributed by atoms with Gasteiger partial charge in [-0.1, -0.05) is 12.2 Å². The number of ketones is 4. The van der Waals surface area contributed by atoms with Crippen LogP contribution in [0.15, 0.2) is 60.7 Å². The van der Waals surface area contributed by atoms with E-state index in [2.05, 4.69) is 42.5 Å². The van der Waals surface area contributed by atoms with Crippen molar-refractivity contribution in [1.29, 1.82) is 0 Å². The SMILES string of the molecule is O=C1c2c(O)ccc(O)c2C(=O)c2c(NCCNCCO)ccc(NCCNCC=CCNCCNc3ccc(NCCNCCO)c4c3C(=O)c3c(O)ccc(O)c3C4=O)c21. The first-order valence-electron chi connectivity index (χ1n) is 20.4. The number of phenolic OH excluding ortho intramolecular Hbond substituents is 4. The summed E-state index contributed by atoms with van der Waals surface area (Å²) in [5.74, 6) is -3.97.